The third-order valence-electron chi connectivity index (χ3n) is 5.98. The van der Waals surface area contributed by atoms with E-state index in [9.17, 15) is 14.4 Å². The third-order valence-corrected chi connectivity index (χ3v) is 5.98. The molecule has 2 aliphatic rings. The number of fused-ring (bicyclic) bond motifs is 1. The molecule has 1 saturated heterocycles. The lowest BCUT2D eigenvalue weighted by atomic mass is 9.85. The fourth-order valence-electron chi connectivity index (χ4n) is 4.25. The highest BCUT2D eigenvalue weighted by Gasteiger charge is 2.70. The number of methoxy groups -OCH3 is 1. The van der Waals surface area contributed by atoms with Crippen molar-refractivity contribution in [1.29, 1.82) is 0 Å². The standard InChI is InChI=1S/C19H27N3O5/c1-18(2,3)14(21-15(23)11-7-20-9-27-11)16(24)22-8-10-12(19(10,4)5)13(22)17(25)26-6/h7,9-10,12-14H,8H2,1-6H3,(H,21,23)/t10-,12-,13-,14+/m0/s1. The maximum Gasteiger partial charge on any atom is 0.328 e. The average molecular weight is 377 g/mol. The molecule has 1 aromatic heterocycles. The van der Waals surface area contributed by atoms with Crippen molar-refractivity contribution in [1.82, 2.24) is 15.2 Å². The molecule has 0 spiro atoms. The summed E-state index contributed by atoms with van der Waals surface area (Å²) in [5, 5.41) is 2.75. The first kappa shape index (κ1) is 19.4. The second-order valence-corrected chi connectivity index (χ2v) is 9.05. The van der Waals surface area contributed by atoms with Gasteiger partial charge in [0.05, 0.1) is 13.3 Å². The SMILES string of the molecule is COC(=O)[C@@H]1[C@@H]2[C@H](CN1C(=O)[C@@H](NC(=O)c1cnco1)C(C)(C)C)C2(C)C. The molecular weight excluding hydrogens is 350 g/mol. The Hall–Kier alpha value is -2.38. The molecule has 0 bridgehead atoms. The minimum Gasteiger partial charge on any atom is -0.467 e. The van der Waals surface area contributed by atoms with E-state index in [1.165, 1.54) is 13.3 Å². The van der Waals surface area contributed by atoms with Crippen molar-refractivity contribution in [3.63, 3.8) is 0 Å². The Morgan fingerprint density at radius 1 is 1.37 bits per heavy atom. The summed E-state index contributed by atoms with van der Waals surface area (Å²) in [5.74, 6) is -0.827. The van der Waals surface area contributed by atoms with E-state index in [0.717, 1.165) is 6.39 Å². The van der Waals surface area contributed by atoms with Crippen LogP contribution in [0.15, 0.2) is 17.0 Å². The average Bonchev–Trinajstić information content (AvgIpc) is 3.06. The summed E-state index contributed by atoms with van der Waals surface area (Å²) >= 11 is 0. The Bertz CT molecular complexity index is 750. The minimum absolute atomic E-state index is 0.00987. The van der Waals surface area contributed by atoms with Gasteiger partial charge in [0.15, 0.2) is 6.39 Å². The van der Waals surface area contributed by atoms with Gasteiger partial charge in [0.25, 0.3) is 5.91 Å². The maximum absolute atomic E-state index is 13.4. The number of hydrogen-bond acceptors (Lipinski definition) is 6. The van der Waals surface area contributed by atoms with E-state index in [0.29, 0.717) is 6.54 Å². The Kier molecular flexibility index (Phi) is 4.56. The molecule has 8 heteroatoms. The van der Waals surface area contributed by atoms with Gasteiger partial charge >= 0.3 is 5.97 Å². The summed E-state index contributed by atoms with van der Waals surface area (Å²) in [7, 11) is 1.33. The molecule has 1 saturated carbocycles. The molecular formula is C19H27N3O5. The van der Waals surface area contributed by atoms with Gasteiger partial charge in [-0.2, -0.15) is 0 Å². The molecule has 0 unspecified atom stereocenters. The zero-order valence-corrected chi connectivity index (χ0v) is 16.6. The number of nitrogens with zero attached hydrogens (tertiary/aromatic N) is 2. The Morgan fingerprint density at radius 3 is 2.56 bits per heavy atom. The molecule has 3 rings (SSSR count). The van der Waals surface area contributed by atoms with Crippen LogP contribution >= 0.6 is 0 Å². The van der Waals surface area contributed by atoms with Crippen LogP contribution in [0.1, 0.15) is 45.2 Å². The van der Waals surface area contributed by atoms with Gasteiger partial charge in [0.2, 0.25) is 11.7 Å². The molecule has 1 aromatic rings. The topological polar surface area (TPSA) is 102 Å². The highest BCUT2D eigenvalue weighted by atomic mass is 16.5. The third kappa shape index (κ3) is 3.21. The van der Waals surface area contributed by atoms with E-state index in [1.807, 2.05) is 20.8 Å². The lowest BCUT2D eigenvalue weighted by molar-refractivity contribution is -0.154. The molecule has 2 amide bonds. The van der Waals surface area contributed by atoms with Gasteiger partial charge in [-0.25, -0.2) is 9.78 Å². The van der Waals surface area contributed by atoms with Gasteiger partial charge in [-0.05, 0) is 16.7 Å². The van der Waals surface area contributed by atoms with Crippen LogP contribution in [0.2, 0.25) is 0 Å². The highest BCUT2D eigenvalue weighted by Crippen LogP contribution is 2.65. The fraction of sp³-hybridized carbons (Fsp3) is 0.684. The van der Waals surface area contributed by atoms with Crippen molar-refractivity contribution in [2.24, 2.45) is 22.7 Å². The van der Waals surface area contributed by atoms with Crippen molar-refractivity contribution in [2.45, 2.75) is 46.7 Å². The van der Waals surface area contributed by atoms with Crippen LogP contribution in [-0.4, -0.2) is 53.4 Å². The van der Waals surface area contributed by atoms with Gasteiger partial charge in [0, 0.05) is 12.5 Å². The van der Waals surface area contributed by atoms with Crippen molar-refractivity contribution in [3.8, 4) is 0 Å². The van der Waals surface area contributed by atoms with Gasteiger partial charge in [0.1, 0.15) is 12.1 Å². The monoisotopic (exact) mass is 377 g/mol. The van der Waals surface area contributed by atoms with E-state index >= 15 is 0 Å². The largest absolute Gasteiger partial charge is 0.467 e. The molecule has 1 N–H and O–H groups in total. The summed E-state index contributed by atoms with van der Waals surface area (Å²) in [6, 6.07) is -1.43. The summed E-state index contributed by atoms with van der Waals surface area (Å²) in [6.07, 6.45) is 2.45. The molecule has 2 heterocycles. The molecule has 2 fully saturated rings. The first-order valence-electron chi connectivity index (χ1n) is 9.07. The number of nitrogens with one attached hydrogen (secondary N) is 1. The van der Waals surface area contributed by atoms with E-state index in [1.54, 1.807) is 4.90 Å². The smallest absolute Gasteiger partial charge is 0.328 e. The minimum atomic E-state index is -0.817. The number of ether oxygens (including phenoxy) is 1. The molecule has 4 atom stereocenters. The van der Waals surface area contributed by atoms with Crippen molar-refractivity contribution < 1.29 is 23.5 Å². The molecule has 1 aliphatic heterocycles. The number of carbonyl (C=O) groups is 3. The number of esters is 1. The first-order valence-corrected chi connectivity index (χ1v) is 9.07. The maximum atomic E-state index is 13.4. The summed E-state index contributed by atoms with van der Waals surface area (Å²) in [4.78, 5) is 43.5. The number of oxazole rings is 1. The number of piperidine rings is 1. The Balaban J connectivity index is 1.84. The molecule has 27 heavy (non-hydrogen) atoms. The number of likely N-dealkylation sites (tertiary alicyclic amines) is 1. The van der Waals surface area contributed by atoms with E-state index < -0.39 is 29.4 Å². The lowest BCUT2D eigenvalue weighted by Crippen LogP contribution is -2.58. The molecule has 0 radical (unpaired) electrons. The van der Waals surface area contributed by atoms with E-state index in [4.69, 9.17) is 9.15 Å². The van der Waals surface area contributed by atoms with Crippen LogP contribution < -0.4 is 5.32 Å². The zero-order chi connectivity index (χ0) is 20.1. The first-order chi connectivity index (χ1) is 12.5. The van der Waals surface area contributed by atoms with Gasteiger partial charge in [-0.3, -0.25) is 9.59 Å². The molecule has 8 nitrogen and oxygen atoms in total. The number of rotatable bonds is 4. The number of amides is 2. The summed E-state index contributed by atoms with van der Waals surface area (Å²) in [6.45, 7) is 10.3. The van der Waals surface area contributed by atoms with Gasteiger partial charge < -0.3 is 19.4 Å². The Labute approximate surface area is 158 Å². The quantitative estimate of drug-likeness (QED) is 0.798. The fourth-order valence-corrected chi connectivity index (χ4v) is 4.25. The van der Waals surface area contributed by atoms with Crippen molar-refractivity contribution in [3.05, 3.63) is 18.4 Å². The summed E-state index contributed by atoms with van der Waals surface area (Å²) in [5.41, 5.74) is -0.550. The predicted molar refractivity (Wildman–Crippen MR) is 95.5 cm³/mol. The number of hydrogen-bond donors (Lipinski definition) is 1. The van der Waals surface area contributed by atoms with E-state index in [-0.39, 0.29) is 28.9 Å². The second kappa shape index (κ2) is 6.35. The highest BCUT2D eigenvalue weighted by molar-refractivity contribution is 5.97. The zero-order valence-electron chi connectivity index (χ0n) is 16.6. The van der Waals surface area contributed by atoms with Crippen LogP contribution in [0.25, 0.3) is 0 Å². The van der Waals surface area contributed by atoms with Gasteiger partial charge in [-0.15, -0.1) is 0 Å². The van der Waals surface area contributed by atoms with Crippen LogP contribution in [0.4, 0.5) is 0 Å². The molecule has 0 aromatic carbocycles. The lowest BCUT2D eigenvalue weighted by Gasteiger charge is -2.37. The van der Waals surface area contributed by atoms with Crippen LogP contribution in [0.5, 0.6) is 0 Å². The predicted octanol–water partition coefficient (Wildman–Crippen LogP) is 1.48. The molecule has 148 valence electrons. The summed E-state index contributed by atoms with van der Waals surface area (Å²) < 4.78 is 9.99. The normalized spacial score (nSPS) is 26.9. The van der Waals surface area contributed by atoms with E-state index in [2.05, 4.69) is 24.1 Å². The second-order valence-electron chi connectivity index (χ2n) is 9.05. The van der Waals surface area contributed by atoms with Crippen LogP contribution in [0, 0.1) is 22.7 Å². The molecule has 1 aliphatic carbocycles. The van der Waals surface area contributed by atoms with Crippen molar-refractivity contribution in [2.75, 3.05) is 13.7 Å². The van der Waals surface area contributed by atoms with Crippen LogP contribution in [0.3, 0.4) is 0 Å². The van der Waals surface area contributed by atoms with Crippen molar-refractivity contribution >= 4 is 17.8 Å². The van der Waals surface area contributed by atoms with Gasteiger partial charge in [-0.1, -0.05) is 34.6 Å². The number of aromatic nitrogens is 1. The number of carbonyl (C=O) groups excluding carboxylic acids is 3. The Morgan fingerprint density at radius 2 is 2.04 bits per heavy atom. The van der Waals surface area contributed by atoms with Crippen LogP contribution in [-0.2, 0) is 14.3 Å².